The maximum Gasteiger partial charge on any atom is 0.264 e. The van der Waals surface area contributed by atoms with E-state index in [2.05, 4.69) is 5.32 Å². The van der Waals surface area contributed by atoms with Gasteiger partial charge in [-0.2, -0.15) is 0 Å². The molecule has 0 fully saturated rings. The molecule has 1 unspecified atom stereocenters. The maximum atomic E-state index is 13.8. The Labute approximate surface area is 229 Å². The van der Waals surface area contributed by atoms with Gasteiger partial charge in [-0.05, 0) is 66.9 Å². The van der Waals surface area contributed by atoms with Crippen LogP contribution in [0.15, 0.2) is 83.8 Å². The van der Waals surface area contributed by atoms with E-state index in [1.165, 1.54) is 48.4 Å². The molecule has 3 aromatic rings. The average Bonchev–Trinajstić information content (AvgIpc) is 2.93. The molecule has 39 heavy (non-hydrogen) atoms. The van der Waals surface area contributed by atoms with Crippen molar-refractivity contribution in [2.45, 2.75) is 38.3 Å². The molecular formula is C29H34FN3O5S. The molecule has 0 saturated carbocycles. The second kappa shape index (κ2) is 13.2. The van der Waals surface area contributed by atoms with Crippen LogP contribution in [0.5, 0.6) is 5.75 Å². The van der Waals surface area contributed by atoms with Crippen molar-refractivity contribution in [2.24, 2.45) is 5.92 Å². The summed E-state index contributed by atoms with van der Waals surface area (Å²) < 4.78 is 47.3. The predicted molar refractivity (Wildman–Crippen MR) is 148 cm³/mol. The Morgan fingerprint density at radius 3 is 2.10 bits per heavy atom. The van der Waals surface area contributed by atoms with Crippen molar-refractivity contribution in [3.63, 3.8) is 0 Å². The Morgan fingerprint density at radius 2 is 1.54 bits per heavy atom. The topological polar surface area (TPSA) is 96.0 Å². The zero-order valence-electron chi connectivity index (χ0n) is 22.5. The summed E-state index contributed by atoms with van der Waals surface area (Å²) in [6.07, 6.45) is 0. The molecule has 0 aliphatic heterocycles. The highest BCUT2D eigenvalue weighted by molar-refractivity contribution is 7.92. The fourth-order valence-electron chi connectivity index (χ4n) is 3.83. The van der Waals surface area contributed by atoms with E-state index in [1.807, 2.05) is 44.2 Å². The minimum absolute atomic E-state index is 0.0715. The van der Waals surface area contributed by atoms with Crippen molar-refractivity contribution in [2.75, 3.05) is 24.5 Å². The molecule has 3 aromatic carbocycles. The first-order valence-electron chi connectivity index (χ1n) is 12.6. The smallest absolute Gasteiger partial charge is 0.264 e. The first-order chi connectivity index (χ1) is 18.5. The standard InChI is InChI=1S/C29H34FN3O5S/c1-21(2)18-31-29(35)22(3)32(19-23-8-6-5-7-9-23)28(34)20-33(25-12-10-24(30)11-13-25)39(36,37)27-16-14-26(38-4)15-17-27/h5-17,21-22H,18-20H2,1-4H3,(H,31,35). The molecule has 1 N–H and O–H groups in total. The highest BCUT2D eigenvalue weighted by atomic mass is 32.2. The Bertz CT molecular complexity index is 1350. The fourth-order valence-corrected chi connectivity index (χ4v) is 5.24. The number of ether oxygens (including phenoxy) is 1. The number of halogens is 1. The van der Waals surface area contributed by atoms with E-state index < -0.39 is 34.3 Å². The third-order valence-electron chi connectivity index (χ3n) is 6.09. The van der Waals surface area contributed by atoms with Gasteiger partial charge in [0.15, 0.2) is 0 Å². The minimum atomic E-state index is -4.25. The van der Waals surface area contributed by atoms with Crippen LogP contribution in [-0.2, 0) is 26.2 Å². The second-order valence-electron chi connectivity index (χ2n) is 9.49. The number of nitrogens with one attached hydrogen (secondary N) is 1. The van der Waals surface area contributed by atoms with Gasteiger partial charge in [0.25, 0.3) is 10.0 Å². The lowest BCUT2D eigenvalue weighted by Crippen LogP contribution is -2.51. The van der Waals surface area contributed by atoms with Gasteiger partial charge >= 0.3 is 0 Å². The monoisotopic (exact) mass is 555 g/mol. The molecule has 0 radical (unpaired) electrons. The van der Waals surface area contributed by atoms with Gasteiger partial charge in [-0.3, -0.25) is 13.9 Å². The van der Waals surface area contributed by atoms with Crippen molar-refractivity contribution in [1.29, 1.82) is 0 Å². The number of methoxy groups -OCH3 is 1. The molecular weight excluding hydrogens is 521 g/mol. The molecule has 0 aliphatic rings. The van der Waals surface area contributed by atoms with E-state index >= 15 is 0 Å². The van der Waals surface area contributed by atoms with Gasteiger partial charge in [-0.15, -0.1) is 0 Å². The molecule has 0 heterocycles. The lowest BCUT2D eigenvalue weighted by molar-refractivity contribution is -0.139. The highest BCUT2D eigenvalue weighted by Crippen LogP contribution is 2.26. The molecule has 8 nitrogen and oxygen atoms in total. The van der Waals surface area contributed by atoms with E-state index in [-0.39, 0.29) is 29.0 Å². The van der Waals surface area contributed by atoms with Crippen molar-refractivity contribution in [3.05, 3.63) is 90.2 Å². The summed E-state index contributed by atoms with van der Waals surface area (Å²) >= 11 is 0. The molecule has 0 aliphatic carbocycles. The number of amides is 2. The van der Waals surface area contributed by atoms with E-state index in [4.69, 9.17) is 4.74 Å². The van der Waals surface area contributed by atoms with Crippen LogP contribution in [0.1, 0.15) is 26.3 Å². The Balaban J connectivity index is 1.99. The average molecular weight is 556 g/mol. The fraction of sp³-hybridized carbons (Fsp3) is 0.310. The van der Waals surface area contributed by atoms with Gasteiger partial charge in [-0.1, -0.05) is 44.2 Å². The summed E-state index contributed by atoms with van der Waals surface area (Å²) in [5, 5.41) is 2.84. The SMILES string of the molecule is COc1ccc(S(=O)(=O)N(CC(=O)N(Cc2ccccc2)C(C)C(=O)NCC(C)C)c2ccc(F)cc2)cc1. The van der Waals surface area contributed by atoms with Crippen LogP contribution in [0.2, 0.25) is 0 Å². The quantitative estimate of drug-likeness (QED) is 0.361. The van der Waals surface area contributed by atoms with Crippen LogP contribution in [0, 0.1) is 11.7 Å². The Hall–Kier alpha value is -3.92. The summed E-state index contributed by atoms with van der Waals surface area (Å²) in [7, 11) is -2.79. The first-order valence-corrected chi connectivity index (χ1v) is 14.0. The van der Waals surface area contributed by atoms with Crippen molar-refractivity contribution >= 4 is 27.5 Å². The largest absolute Gasteiger partial charge is 0.497 e. The molecule has 3 rings (SSSR count). The summed E-state index contributed by atoms with van der Waals surface area (Å²) in [6, 6.07) is 18.8. The summed E-state index contributed by atoms with van der Waals surface area (Å²) in [4.78, 5) is 28.1. The van der Waals surface area contributed by atoms with Crippen LogP contribution >= 0.6 is 0 Å². The molecule has 1 atom stereocenters. The summed E-state index contributed by atoms with van der Waals surface area (Å²) in [5.41, 5.74) is 0.887. The van der Waals surface area contributed by atoms with E-state index in [9.17, 15) is 22.4 Å². The number of anilines is 1. The number of rotatable bonds is 12. The van der Waals surface area contributed by atoms with Gasteiger partial charge in [0, 0.05) is 13.1 Å². The third kappa shape index (κ3) is 7.79. The van der Waals surface area contributed by atoms with Crippen molar-refractivity contribution in [1.82, 2.24) is 10.2 Å². The molecule has 2 amide bonds. The summed E-state index contributed by atoms with van der Waals surface area (Å²) in [6.45, 7) is 5.45. The number of hydrogen-bond donors (Lipinski definition) is 1. The van der Waals surface area contributed by atoms with Crippen LogP contribution in [0.25, 0.3) is 0 Å². The number of carbonyl (C=O) groups excluding carboxylic acids is 2. The third-order valence-corrected chi connectivity index (χ3v) is 7.88. The zero-order valence-corrected chi connectivity index (χ0v) is 23.3. The number of carbonyl (C=O) groups is 2. The number of benzene rings is 3. The van der Waals surface area contributed by atoms with Gasteiger partial charge in [0.1, 0.15) is 24.2 Å². The highest BCUT2D eigenvalue weighted by Gasteiger charge is 2.32. The number of sulfonamides is 1. The molecule has 0 spiro atoms. The molecule has 0 saturated heterocycles. The number of hydrogen-bond acceptors (Lipinski definition) is 5. The molecule has 208 valence electrons. The Kier molecular flexibility index (Phi) is 10.1. The van der Waals surface area contributed by atoms with Crippen LogP contribution < -0.4 is 14.4 Å². The lowest BCUT2D eigenvalue weighted by atomic mass is 10.1. The van der Waals surface area contributed by atoms with Crippen LogP contribution in [0.3, 0.4) is 0 Å². The molecule has 0 bridgehead atoms. The normalized spacial score (nSPS) is 12.1. The maximum absolute atomic E-state index is 13.8. The number of nitrogens with zero attached hydrogens (tertiary/aromatic N) is 2. The van der Waals surface area contributed by atoms with Crippen molar-refractivity contribution < 1.29 is 27.1 Å². The van der Waals surface area contributed by atoms with Crippen molar-refractivity contribution in [3.8, 4) is 5.75 Å². The lowest BCUT2D eigenvalue weighted by Gasteiger charge is -2.32. The first kappa shape index (κ1) is 29.6. The second-order valence-corrected chi connectivity index (χ2v) is 11.3. The molecule has 10 heteroatoms. The zero-order chi connectivity index (χ0) is 28.6. The van der Waals surface area contributed by atoms with Crippen LogP contribution in [-0.4, -0.2) is 51.4 Å². The van der Waals surface area contributed by atoms with E-state index in [0.717, 1.165) is 22.0 Å². The minimum Gasteiger partial charge on any atom is -0.497 e. The van der Waals surface area contributed by atoms with E-state index in [0.29, 0.717) is 12.3 Å². The van der Waals surface area contributed by atoms with Crippen LogP contribution in [0.4, 0.5) is 10.1 Å². The predicted octanol–water partition coefficient (Wildman–Crippen LogP) is 4.22. The Morgan fingerprint density at radius 1 is 0.923 bits per heavy atom. The molecule has 0 aromatic heterocycles. The van der Waals surface area contributed by atoms with Gasteiger partial charge in [0.05, 0.1) is 17.7 Å². The van der Waals surface area contributed by atoms with Gasteiger partial charge in [-0.25, -0.2) is 12.8 Å². The van der Waals surface area contributed by atoms with Gasteiger partial charge in [0.2, 0.25) is 11.8 Å². The van der Waals surface area contributed by atoms with E-state index in [1.54, 1.807) is 6.92 Å². The summed E-state index contributed by atoms with van der Waals surface area (Å²) in [5.74, 6) is -0.809. The van der Waals surface area contributed by atoms with Gasteiger partial charge < -0.3 is 15.0 Å².